The monoisotopic (exact) mass is 263 g/mol. The number of methoxy groups -OCH3 is 1. The van der Waals surface area contributed by atoms with E-state index >= 15 is 0 Å². The second kappa shape index (κ2) is 6.02. The molecule has 5 nitrogen and oxygen atoms in total. The maximum Gasteiger partial charge on any atom is 0.231 e. The van der Waals surface area contributed by atoms with E-state index in [1.165, 1.54) is 0 Å². The Morgan fingerprint density at radius 2 is 2.42 bits per heavy atom. The third kappa shape index (κ3) is 3.04. The zero-order valence-electron chi connectivity index (χ0n) is 11.5. The highest BCUT2D eigenvalue weighted by molar-refractivity contribution is 5.95. The van der Waals surface area contributed by atoms with E-state index < -0.39 is 0 Å². The van der Waals surface area contributed by atoms with E-state index in [0.29, 0.717) is 11.6 Å². The van der Waals surface area contributed by atoms with Crippen molar-refractivity contribution in [2.45, 2.75) is 26.2 Å². The molecule has 0 aromatic carbocycles. The van der Waals surface area contributed by atoms with Crippen molar-refractivity contribution in [2.75, 3.05) is 25.5 Å². The van der Waals surface area contributed by atoms with Gasteiger partial charge in [-0.1, -0.05) is 13.3 Å². The number of ether oxygens (including phenoxy) is 1. The van der Waals surface area contributed by atoms with Crippen LogP contribution in [0.2, 0.25) is 0 Å². The van der Waals surface area contributed by atoms with Crippen LogP contribution < -0.4 is 15.4 Å². The fraction of sp³-hybridized carbons (Fsp3) is 0.571. The summed E-state index contributed by atoms with van der Waals surface area (Å²) in [5.74, 6) is 0.634. The molecule has 2 N–H and O–H groups in total. The molecule has 0 saturated carbocycles. The van der Waals surface area contributed by atoms with E-state index in [9.17, 15) is 4.79 Å². The van der Waals surface area contributed by atoms with Gasteiger partial charge in [-0.2, -0.15) is 0 Å². The molecule has 0 spiro atoms. The average molecular weight is 263 g/mol. The van der Waals surface area contributed by atoms with Crippen molar-refractivity contribution in [1.82, 2.24) is 10.3 Å². The largest absolute Gasteiger partial charge is 0.481 e. The number of carbonyl (C=O) groups is 1. The minimum atomic E-state index is -0.269. The Kier molecular flexibility index (Phi) is 4.37. The normalized spacial score (nSPS) is 22.2. The van der Waals surface area contributed by atoms with Gasteiger partial charge in [0.05, 0.1) is 24.4 Å². The van der Waals surface area contributed by atoms with Gasteiger partial charge in [0.15, 0.2) is 0 Å². The average Bonchev–Trinajstić information content (AvgIpc) is 2.90. The van der Waals surface area contributed by atoms with Crippen molar-refractivity contribution < 1.29 is 9.53 Å². The van der Waals surface area contributed by atoms with Crippen LogP contribution in [0.3, 0.4) is 0 Å². The molecule has 2 rings (SSSR count). The number of carbonyl (C=O) groups excluding carboxylic acids is 1. The van der Waals surface area contributed by atoms with Crippen LogP contribution in [0.4, 0.5) is 5.69 Å². The van der Waals surface area contributed by atoms with Crippen LogP contribution >= 0.6 is 0 Å². The summed E-state index contributed by atoms with van der Waals surface area (Å²) in [5, 5.41) is 6.25. The van der Waals surface area contributed by atoms with Gasteiger partial charge in [0.25, 0.3) is 0 Å². The Balaban J connectivity index is 2.05. The van der Waals surface area contributed by atoms with Crippen LogP contribution in [0.25, 0.3) is 0 Å². The molecule has 104 valence electrons. The number of rotatable bonds is 5. The van der Waals surface area contributed by atoms with Gasteiger partial charge in [0, 0.05) is 12.6 Å². The maximum atomic E-state index is 12.5. The van der Waals surface area contributed by atoms with E-state index in [-0.39, 0.29) is 11.3 Å². The second-order valence-electron chi connectivity index (χ2n) is 5.00. The maximum absolute atomic E-state index is 12.5. The molecule has 0 radical (unpaired) electrons. The molecule has 1 saturated heterocycles. The summed E-state index contributed by atoms with van der Waals surface area (Å²) in [7, 11) is 1.57. The number of hydrogen-bond donors (Lipinski definition) is 2. The van der Waals surface area contributed by atoms with Crippen molar-refractivity contribution in [3.05, 3.63) is 18.3 Å². The molecule has 1 aromatic heterocycles. The summed E-state index contributed by atoms with van der Waals surface area (Å²) in [6.45, 7) is 3.78. The number of pyridine rings is 1. The third-order valence-corrected chi connectivity index (χ3v) is 3.66. The van der Waals surface area contributed by atoms with Crippen LogP contribution in [0.1, 0.15) is 26.2 Å². The Bertz CT molecular complexity index is 425. The quantitative estimate of drug-likeness (QED) is 0.850. The fourth-order valence-electron chi connectivity index (χ4n) is 2.58. The number of nitrogens with one attached hydrogen (secondary N) is 2. The van der Waals surface area contributed by atoms with E-state index in [1.807, 2.05) is 6.07 Å². The predicted octanol–water partition coefficient (Wildman–Crippen LogP) is 1.81. The number of aromatic nitrogens is 1. The summed E-state index contributed by atoms with van der Waals surface area (Å²) < 4.78 is 5.00. The van der Waals surface area contributed by atoms with Gasteiger partial charge < -0.3 is 15.4 Å². The zero-order valence-corrected chi connectivity index (χ0v) is 11.5. The zero-order chi connectivity index (χ0) is 13.7. The van der Waals surface area contributed by atoms with Gasteiger partial charge in [-0.15, -0.1) is 0 Å². The molecule has 2 heterocycles. The highest BCUT2D eigenvalue weighted by Crippen LogP contribution is 2.32. The first kappa shape index (κ1) is 13.8. The topological polar surface area (TPSA) is 63.2 Å². The van der Waals surface area contributed by atoms with E-state index in [1.54, 1.807) is 19.4 Å². The van der Waals surface area contributed by atoms with Crippen LogP contribution in [-0.2, 0) is 4.79 Å². The molecule has 19 heavy (non-hydrogen) atoms. The van der Waals surface area contributed by atoms with Gasteiger partial charge >= 0.3 is 0 Å². The van der Waals surface area contributed by atoms with Crippen molar-refractivity contribution >= 4 is 11.6 Å². The second-order valence-corrected chi connectivity index (χ2v) is 5.00. The molecular formula is C14H21N3O2. The predicted molar refractivity (Wildman–Crippen MR) is 74.2 cm³/mol. The summed E-state index contributed by atoms with van der Waals surface area (Å²) >= 11 is 0. The SMILES string of the molecule is CCCC1(C(=O)Nc2ccc(OC)nc2)CCNC1. The van der Waals surface area contributed by atoms with Gasteiger partial charge in [-0.05, 0) is 25.5 Å². The Morgan fingerprint density at radius 3 is 2.95 bits per heavy atom. The summed E-state index contributed by atoms with van der Waals surface area (Å²) in [6.07, 6.45) is 4.44. The first-order valence-corrected chi connectivity index (χ1v) is 6.72. The Morgan fingerprint density at radius 1 is 1.58 bits per heavy atom. The summed E-state index contributed by atoms with van der Waals surface area (Å²) in [6, 6.07) is 3.56. The minimum absolute atomic E-state index is 0.0892. The molecule has 1 aromatic rings. The van der Waals surface area contributed by atoms with E-state index in [0.717, 1.165) is 32.4 Å². The molecule has 1 amide bonds. The summed E-state index contributed by atoms with van der Waals surface area (Å²) in [4.78, 5) is 16.6. The van der Waals surface area contributed by atoms with Crippen molar-refractivity contribution in [2.24, 2.45) is 5.41 Å². The van der Waals surface area contributed by atoms with Crippen LogP contribution in [-0.4, -0.2) is 31.1 Å². The Hall–Kier alpha value is -1.62. The lowest BCUT2D eigenvalue weighted by Gasteiger charge is -2.26. The van der Waals surface area contributed by atoms with Gasteiger partial charge in [-0.3, -0.25) is 4.79 Å². The van der Waals surface area contributed by atoms with Crippen molar-refractivity contribution in [3.8, 4) is 5.88 Å². The van der Waals surface area contributed by atoms with Crippen LogP contribution in [0.5, 0.6) is 5.88 Å². The van der Waals surface area contributed by atoms with E-state index in [4.69, 9.17) is 4.74 Å². The molecule has 0 aliphatic carbocycles. The molecule has 1 atom stereocenters. The van der Waals surface area contributed by atoms with Crippen molar-refractivity contribution in [3.63, 3.8) is 0 Å². The smallest absolute Gasteiger partial charge is 0.231 e. The fourth-order valence-corrected chi connectivity index (χ4v) is 2.58. The highest BCUT2D eigenvalue weighted by atomic mass is 16.5. The first-order valence-electron chi connectivity index (χ1n) is 6.72. The van der Waals surface area contributed by atoms with Crippen LogP contribution in [0.15, 0.2) is 18.3 Å². The lowest BCUT2D eigenvalue weighted by atomic mass is 9.81. The molecular weight excluding hydrogens is 242 g/mol. The number of amides is 1. The van der Waals surface area contributed by atoms with Crippen LogP contribution in [0, 0.1) is 5.41 Å². The molecule has 5 heteroatoms. The van der Waals surface area contributed by atoms with E-state index in [2.05, 4.69) is 22.5 Å². The van der Waals surface area contributed by atoms with Gasteiger partial charge in [0.2, 0.25) is 11.8 Å². The number of hydrogen-bond acceptors (Lipinski definition) is 4. The van der Waals surface area contributed by atoms with Gasteiger partial charge in [0.1, 0.15) is 0 Å². The number of nitrogens with zero attached hydrogens (tertiary/aromatic N) is 1. The molecule has 1 fully saturated rings. The molecule has 0 bridgehead atoms. The molecule has 1 aliphatic rings. The summed E-state index contributed by atoms with van der Waals surface area (Å²) in [5.41, 5.74) is 0.447. The number of anilines is 1. The van der Waals surface area contributed by atoms with Gasteiger partial charge in [-0.25, -0.2) is 4.98 Å². The Labute approximate surface area is 113 Å². The highest BCUT2D eigenvalue weighted by Gasteiger charge is 2.40. The lowest BCUT2D eigenvalue weighted by Crippen LogP contribution is -2.38. The minimum Gasteiger partial charge on any atom is -0.481 e. The first-order chi connectivity index (χ1) is 9.20. The third-order valence-electron chi connectivity index (χ3n) is 3.66. The molecule has 1 unspecified atom stereocenters. The van der Waals surface area contributed by atoms with Crippen molar-refractivity contribution in [1.29, 1.82) is 0 Å². The standard InChI is InChI=1S/C14H21N3O2/c1-3-6-14(7-8-15-10-14)13(18)17-11-4-5-12(19-2)16-9-11/h4-5,9,15H,3,6-8,10H2,1-2H3,(H,17,18). The molecule has 1 aliphatic heterocycles. The lowest BCUT2D eigenvalue weighted by molar-refractivity contribution is -0.125.